The third kappa shape index (κ3) is 1.09. The number of hydrogen-bond acceptors (Lipinski definition) is 2. The van der Waals surface area contributed by atoms with Gasteiger partial charge in [-0.15, -0.1) is 0 Å². The zero-order valence-corrected chi connectivity index (χ0v) is 7.01. The van der Waals surface area contributed by atoms with E-state index in [1.807, 2.05) is 0 Å². The van der Waals surface area contributed by atoms with Gasteiger partial charge in [-0.3, -0.25) is 0 Å². The Labute approximate surface area is 68.1 Å². The smallest absolute Gasteiger partial charge is 0.0471 e. The molecule has 1 atom stereocenters. The molecule has 2 fully saturated rings. The normalized spacial score (nSPS) is 35.2. The van der Waals surface area contributed by atoms with Gasteiger partial charge in [0.05, 0.1) is 0 Å². The van der Waals surface area contributed by atoms with Crippen LogP contribution in [0.1, 0.15) is 25.7 Å². The first-order valence-electron chi connectivity index (χ1n) is 4.65. The lowest BCUT2D eigenvalue weighted by molar-refractivity contribution is -0.0718. The molecule has 1 saturated carbocycles. The first-order chi connectivity index (χ1) is 5.37. The summed E-state index contributed by atoms with van der Waals surface area (Å²) >= 11 is 0. The minimum Gasteiger partial charge on any atom is -0.381 e. The number of hydrogen-bond donors (Lipinski definition) is 1. The van der Waals surface area contributed by atoms with Crippen molar-refractivity contribution in [1.82, 2.24) is 0 Å². The molecule has 1 heterocycles. The van der Waals surface area contributed by atoms with Crippen molar-refractivity contribution >= 4 is 0 Å². The van der Waals surface area contributed by atoms with Crippen LogP contribution in [0, 0.1) is 11.3 Å². The highest BCUT2D eigenvalue weighted by atomic mass is 16.5. The van der Waals surface area contributed by atoms with Crippen molar-refractivity contribution in [2.75, 3.05) is 19.8 Å². The van der Waals surface area contributed by atoms with E-state index in [9.17, 15) is 0 Å². The fourth-order valence-corrected chi connectivity index (χ4v) is 2.56. The van der Waals surface area contributed by atoms with Crippen LogP contribution in [-0.2, 0) is 4.74 Å². The molecule has 0 radical (unpaired) electrons. The van der Waals surface area contributed by atoms with Gasteiger partial charge in [-0.05, 0) is 43.6 Å². The topological polar surface area (TPSA) is 35.2 Å². The Bertz CT molecular complexity index is 138. The Morgan fingerprint density at radius 2 is 2.00 bits per heavy atom. The fourth-order valence-electron chi connectivity index (χ4n) is 2.56. The van der Waals surface area contributed by atoms with Crippen LogP contribution < -0.4 is 5.73 Å². The molecule has 1 aliphatic heterocycles. The van der Waals surface area contributed by atoms with Gasteiger partial charge in [0, 0.05) is 13.2 Å². The predicted octanol–water partition coefficient (Wildman–Crippen LogP) is 1.15. The molecule has 2 aliphatic rings. The van der Waals surface area contributed by atoms with Crippen molar-refractivity contribution in [3.8, 4) is 0 Å². The van der Waals surface area contributed by atoms with Crippen molar-refractivity contribution in [2.24, 2.45) is 17.1 Å². The van der Waals surface area contributed by atoms with E-state index in [2.05, 4.69) is 0 Å². The van der Waals surface area contributed by atoms with Gasteiger partial charge < -0.3 is 10.5 Å². The highest BCUT2D eigenvalue weighted by molar-refractivity contribution is 4.96. The Morgan fingerprint density at radius 1 is 1.27 bits per heavy atom. The second-order valence-corrected chi connectivity index (χ2v) is 3.95. The monoisotopic (exact) mass is 155 g/mol. The van der Waals surface area contributed by atoms with Gasteiger partial charge in [-0.2, -0.15) is 0 Å². The minimum atomic E-state index is 0.618. The lowest BCUT2D eigenvalue weighted by atomic mass is 9.56. The average Bonchev–Trinajstić information content (AvgIpc) is 2.05. The van der Waals surface area contributed by atoms with E-state index in [-0.39, 0.29) is 0 Å². The van der Waals surface area contributed by atoms with Gasteiger partial charge in [0.25, 0.3) is 0 Å². The number of rotatable bonds is 1. The molecule has 64 valence electrons. The largest absolute Gasteiger partial charge is 0.381 e. The molecule has 2 heteroatoms. The van der Waals surface area contributed by atoms with E-state index >= 15 is 0 Å². The molecule has 1 saturated heterocycles. The first-order valence-corrected chi connectivity index (χ1v) is 4.65. The molecular weight excluding hydrogens is 138 g/mol. The molecule has 1 aliphatic carbocycles. The van der Waals surface area contributed by atoms with Crippen LogP contribution in [0.3, 0.4) is 0 Å². The third-order valence-electron chi connectivity index (χ3n) is 3.63. The summed E-state index contributed by atoms with van der Waals surface area (Å²) in [5.74, 6) is 0.811. The van der Waals surface area contributed by atoms with Crippen LogP contribution >= 0.6 is 0 Å². The zero-order chi connectivity index (χ0) is 7.73. The van der Waals surface area contributed by atoms with E-state index in [1.165, 1.54) is 25.7 Å². The Balaban J connectivity index is 1.97. The maximum Gasteiger partial charge on any atom is 0.0471 e. The van der Waals surface area contributed by atoms with Crippen molar-refractivity contribution in [1.29, 1.82) is 0 Å². The predicted molar refractivity (Wildman–Crippen MR) is 44.3 cm³/mol. The highest BCUT2D eigenvalue weighted by Crippen LogP contribution is 2.52. The molecule has 2 nitrogen and oxygen atoms in total. The Morgan fingerprint density at radius 3 is 2.45 bits per heavy atom. The maximum absolute atomic E-state index is 5.70. The summed E-state index contributed by atoms with van der Waals surface area (Å²) in [4.78, 5) is 0. The summed E-state index contributed by atoms with van der Waals surface area (Å²) in [5, 5.41) is 0. The summed E-state index contributed by atoms with van der Waals surface area (Å²) in [6.45, 7) is 2.83. The summed E-state index contributed by atoms with van der Waals surface area (Å²) in [6, 6.07) is 0. The van der Waals surface area contributed by atoms with Gasteiger partial charge in [-0.25, -0.2) is 0 Å². The molecule has 0 amide bonds. The lowest BCUT2D eigenvalue weighted by Crippen LogP contribution is -2.47. The summed E-state index contributed by atoms with van der Waals surface area (Å²) in [6.07, 6.45) is 5.28. The Kier molecular flexibility index (Phi) is 1.90. The number of ether oxygens (including phenoxy) is 1. The van der Waals surface area contributed by atoms with Crippen molar-refractivity contribution in [3.05, 3.63) is 0 Å². The molecule has 2 N–H and O–H groups in total. The first kappa shape index (κ1) is 7.56. The zero-order valence-electron chi connectivity index (χ0n) is 7.01. The minimum absolute atomic E-state index is 0.618. The van der Waals surface area contributed by atoms with E-state index in [0.717, 1.165) is 25.7 Å². The maximum atomic E-state index is 5.70. The molecule has 0 unspecified atom stereocenters. The summed E-state index contributed by atoms with van der Waals surface area (Å²) in [5.41, 5.74) is 6.32. The van der Waals surface area contributed by atoms with Crippen molar-refractivity contribution < 1.29 is 4.74 Å². The average molecular weight is 155 g/mol. The summed E-state index contributed by atoms with van der Waals surface area (Å²) in [7, 11) is 0. The fraction of sp³-hybridized carbons (Fsp3) is 1.00. The van der Waals surface area contributed by atoms with Gasteiger partial charge >= 0.3 is 0 Å². The molecular formula is C9H17NO. The van der Waals surface area contributed by atoms with Crippen LogP contribution in [0.2, 0.25) is 0 Å². The molecule has 0 aromatic carbocycles. The van der Waals surface area contributed by atoms with E-state index in [1.54, 1.807) is 0 Å². The van der Waals surface area contributed by atoms with Crippen LogP contribution in [0.15, 0.2) is 0 Å². The molecule has 11 heavy (non-hydrogen) atoms. The Hall–Kier alpha value is -0.0800. The van der Waals surface area contributed by atoms with E-state index in [4.69, 9.17) is 10.5 Å². The highest BCUT2D eigenvalue weighted by Gasteiger charge is 2.46. The standard InChI is InChI=1S/C9H17NO/c10-7-8-1-2-9(8)3-5-11-6-4-9/h8H,1-7,10H2/t8-/m0/s1. The lowest BCUT2D eigenvalue weighted by Gasteiger charge is -2.51. The van der Waals surface area contributed by atoms with Crippen LogP contribution in [0.25, 0.3) is 0 Å². The van der Waals surface area contributed by atoms with Gasteiger partial charge in [0.15, 0.2) is 0 Å². The molecule has 0 bridgehead atoms. The van der Waals surface area contributed by atoms with E-state index < -0.39 is 0 Å². The SMILES string of the molecule is NC[C@@H]1CCC12CCOCC2. The number of nitrogens with two attached hydrogens (primary N) is 1. The van der Waals surface area contributed by atoms with Crippen molar-refractivity contribution in [3.63, 3.8) is 0 Å². The van der Waals surface area contributed by atoms with Crippen molar-refractivity contribution in [2.45, 2.75) is 25.7 Å². The van der Waals surface area contributed by atoms with Crippen LogP contribution in [-0.4, -0.2) is 19.8 Å². The van der Waals surface area contributed by atoms with Gasteiger partial charge in [0.1, 0.15) is 0 Å². The van der Waals surface area contributed by atoms with Crippen LogP contribution in [0.5, 0.6) is 0 Å². The molecule has 0 aromatic heterocycles. The molecule has 1 spiro atoms. The van der Waals surface area contributed by atoms with Gasteiger partial charge in [0.2, 0.25) is 0 Å². The third-order valence-corrected chi connectivity index (χ3v) is 3.63. The van der Waals surface area contributed by atoms with E-state index in [0.29, 0.717) is 5.41 Å². The quantitative estimate of drug-likeness (QED) is 0.616. The summed E-state index contributed by atoms with van der Waals surface area (Å²) < 4.78 is 5.35. The molecule has 2 rings (SSSR count). The second-order valence-electron chi connectivity index (χ2n) is 3.95. The van der Waals surface area contributed by atoms with Gasteiger partial charge in [-0.1, -0.05) is 0 Å². The molecule has 0 aromatic rings. The van der Waals surface area contributed by atoms with Crippen LogP contribution in [0.4, 0.5) is 0 Å². The second kappa shape index (κ2) is 2.76.